The molecule has 1 nitrogen and oxygen atoms in total. The smallest absolute Gasteiger partial charge is 0.124 e. The number of benzene rings is 2. The van der Waals surface area contributed by atoms with Crippen LogP contribution in [0.3, 0.4) is 0 Å². The van der Waals surface area contributed by atoms with Gasteiger partial charge in [-0.25, -0.2) is 4.39 Å². The van der Waals surface area contributed by atoms with Crippen LogP contribution in [-0.4, -0.2) is 5.11 Å². The summed E-state index contributed by atoms with van der Waals surface area (Å²) in [5.74, 6) is -0.140. The van der Waals surface area contributed by atoms with Gasteiger partial charge in [0.15, 0.2) is 0 Å². The van der Waals surface area contributed by atoms with Crippen LogP contribution in [0.25, 0.3) is 10.8 Å². The lowest BCUT2D eigenvalue weighted by Crippen LogP contribution is -1.75. The van der Waals surface area contributed by atoms with Crippen LogP contribution in [0.5, 0.6) is 5.75 Å². The summed E-state index contributed by atoms with van der Waals surface area (Å²) in [5, 5.41) is 10.5. The molecule has 59 valence electrons. The van der Waals surface area contributed by atoms with E-state index < -0.39 is 0 Å². The number of halogens is 1. The molecule has 0 heterocycles. The van der Waals surface area contributed by atoms with E-state index in [9.17, 15) is 4.39 Å². The first kappa shape index (κ1) is 7.10. The van der Waals surface area contributed by atoms with Gasteiger partial charge in [0.2, 0.25) is 0 Å². The van der Waals surface area contributed by atoms with Crippen molar-refractivity contribution >= 4 is 10.8 Å². The van der Waals surface area contributed by atoms with Crippen LogP contribution in [0, 0.1) is 11.9 Å². The molecule has 0 saturated carbocycles. The molecule has 0 bridgehead atoms. The minimum Gasteiger partial charge on any atom is -0.508 e. The highest BCUT2D eigenvalue weighted by atomic mass is 19.1. The molecule has 0 aliphatic heterocycles. The topological polar surface area (TPSA) is 20.2 Å². The first-order valence-electron chi connectivity index (χ1n) is 3.56. The molecule has 0 atom stereocenters. The SMILES string of the molecule is Oc1ccc2cc(F)c[c]c2c1. The summed E-state index contributed by atoms with van der Waals surface area (Å²) in [4.78, 5) is 0. The molecular weight excluding hydrogens is 155 g/mol. The van der Waals surface area contributed by atoms with Crippen molar-refractivity contribution in [2.75, 3.05) is 0 Å². The van der Waals surface area contributed by atoms with Crippen molar-refractivity contribution < 1.29 is 9.50 Å². The molecule has 2 heteroatoms. The zero-order valence-corrected chi connectivity index (χ0v) is 6.21. The van der Waals surface area contributed by atoms with Crippen LogP contribution in [-0.2, 0) is 0 Å². The zero-order valence-electron chi connectivity index (χ0n) is 6.21. The van der Waals surface area contributed by atoms with Crippen molar-refractivity contribution in [1.82, 2.24) is 0 Å². The fourth-order valence-electron chi connectivity index (χ4n) is 1.13. The van der Waals surface area contributed by atoms with E-state index in [1.165, 1.54) is 18.2 Å². The Balaban J connectivity index is 2.79. The molecule has 0 aliphatic rings. The van der Waals surface area contributed by atoms with Gasteiger partial charge in [0.1, 0.15) is 11.6 Å². The summed E-state index contributed by atoms with van der Waals surface area (Å²) in [5.41, 5.74) is 0. The van der Waals surface area contributed by atoms with Crippen LogP contribution in [0.4, 0.5) is 4.39 Å². The van der Waals surface area contributed by atoms with Crippen LogP contribution >= 0.6 is 0 Å². The van der Waals surface area contributed by atoms with E-state index in [1.54, 1.807) is 12.1 Å². The second-order valence-corrected chi connectivity index (χ2v) is 2.59. The van der Waals surface area contributed by atoms with E-state index >= 15 is 0 Å². The second kappa shape index (κ2) is 2.48. The predicted octanol–water partition coefficient (Wildman–Crippen LogP) is 2.48. The highest BCUT2D eigenvalue weighted by Crippen LogP contribution is 2.19. The molecule has 2 aromatic carbocycles. The van der Waals surface area contributed by atoms with Crippen molar-refractivity contribution in [3.8, 4) is 5.75 Å². The Kier molecular flexibility index (Phi) is 1.47. The number of phenolic OH excluding ortho intramolecular Hbond substituents is 1. The Bertz CT molecular complexity index is 382. The first-order chi connectivity index (χ1) is 5.75. The Labute approximate surface area is 69.1 Å². The number of phenols is 1. The van der Waals surface area contributed by atoms with Gasteiger partial charge < -0.3 is 5.11 Å². The minimum atomic E-state index is -0.312. The lowest BCUT2D eigenvalue weighted by atomic mass is 10.1. The molecular formula is C10H6FO. The Morgan fingerprint density at radius 2 is 2.08 bits per heavy atom. The van der Waals surface area contributed by atoms with Gasteiger partial charge in [-0.3, -0.25) is 0 Å². The third-order valence-electron chi connectivity index (χ3n) is 1.70. The minimum absolute atomic E-state index is 0.172. The maximum absolute atomic E-state index is 12.6. The molecule has 1 N–H and O–H groups in total. The van der Waals surface area contributed by atoms with Gasteiger partial charge >= 0.3 is 0 Å². The Morgan fingerprint density at radius 1 is 1.25 bits per heavy atom. The standard InChI is InChI=1S/C10H6FO/c11-9-3-1-8-6-10(12)4-2-7(8)5-9/h2-6,12H. The molecule has 2 rings (SSSR count). The maximum atomic E-state index is 12.6. The van der Waals surface area contributed by atoms with Gasteiger partial charge in [-0.2, -0.15) is 0 Å². The van der Waals surface area contributed by atoms with Gasteiger partial charge in [0.25, 0.3) is 0 Å². The number of aromatic hydroxyl groups is 1. The van der Waals surface area contributed by atoms with Crippen LogP contribution < -0.4 is 0 Å². The lowest BCUT2D eigenvalue weighted by Gasteiger charge is -1.97. The molecule has 0 unspecified atom stereocenters. The van der Waals surface area contributed by atoms with Crippen molar-refractivity contribution in [1.29, 1.82) is 0 Å². The molecule has 0 saturated heterocycles. The molecule has 0 aromatic heterocycles. The fourth-order valence-corrected chi connectivity index (χ4v) is 1.13. The van der Waals surface area contributed by atoms with E-state index in [2.05, 4.69) is 6.07 Å². The summed E-state index contributed by atoms with van der Waals surface area (Å²) in [6.45, 7) is 0. The van der Waals surface area contributed by atoms with Crippen molar-refractivity contribution in [2.24, 2.45) is 0 Å². The third kappa shape index (κ3) is 1.11. The molecule has 1 radical (unpaired) electrons. The number of hydrogen-bond acceptors (Lipinski definition) is 1. The number of rotatable bonds is 0. The van der Waals surface area contributed by atoms with Gasteiger partial charge in [-0.05, 0) is 41.1 Å². The van der Waals surface area contributed by atoms with Crippen LogP contribution in [0.1, 0.15) is 0 Å². The Morgan fingerprint density at radius 3 is 2.92 bits per heavy atom. The summed E-state index contributed by atoms with van der Waals surface area (Å²) in [6, 6.07) is 10.1. The van der Waals surface area contributed by atoms with Gasteiger partial charge in [0.05, 0.1) is 0 Å². The second-order valence-electron chi connectivity index (χ2n) is 2.59. The highest BCUT2D eigenvalue weighted by Gasteiger charge is 1.96. The van der Waals surface area contributed by atoms with E-state index in [1.807, 2.05) is 0 Å². The van der Waals surface area contributed by atoms with Gasteiger partial charge in [0, 0.05) is 0 Å². The summed E-state index contributed by atoms with van der Waals surface area (Å²) in [7, 11) is 0. The monoisotopic (exact) mass is 161 g/mol. The van der Waals surface area contributed by atoms with Gasteiger partial charge in [-0.15, -0.1) is 0 Å². The third-order valence-corrected chi connectivity index (χ3v) is 1.70. The van der Waals surface area contributed by atoms with E-state index in [-0.39, 0.29) is 11.6 Å². The number of hydrogen-bond donors (Lipinski definition) is 1. The molecule has 12 heavy (non-hydrogen) atoms. The fraction of sp³-hybridized carbons (Fsp3) is 0. The first-order valence-corrected chi connectivity index (χ1v) is 3.56. The average molecular weight is 161 g/mol. The highest BCUT2D eigenvalue weighted by molar-refractivity contribution is 5.83. The predicted molar refractivity (Wildman–Crippen MR) is 44.4 cm³/mol. The molecule has 0 amide bonds. The van der Waals surface area contributed by atoms with E-state index in [0.29, 0.717) is 0 Å². The number of fused-ring (bicyclic) bond motifs is 1. The molecule has 0 aliphatic carbocycles. The summed E-state index contributed by atoms with van der Waals surface area (Å²) >= 11 is 0. The molecule has 0 fully saturated rings. The summed E-state index contributed by atoms with van der Waals surface area (Å²) in [6.07, 6.45) is 0. The summed E-state index contributed by atoms with van der Waals surface area (Å²) < 4.78 is 12.6. The normalized spacial score (nSPS) is 10.4. The largest absolute Gasteiger partial charge is 0.508 e. The van der Waals surface area contributed by atoms with Crippen LogP contribution in [0.15, 0.2) is 30.3 Å². The average Bonchev–Trinajstić information content (AvgIpc) is 2.05. The quantitative estimate of drug-likeness (QED) is 0.629. The molecule has 2 aromatic rings. The van der Waals surface area contributed by atoms with Crippen molar-refractivity contribution in [2.45, 2.75) is 0 Å². The van der Waals surface area contributed by atoms with Crippen LogP contribution in [0.2, 0.25) is 0 Å². The van der Waals surface area contributed by atoms with Crippen molar-refractivity contribution in [3.05, 3.63) is 42.2 Å². The van der Waals surface area contributed by atoms with Gasteiger partial charge in [-0.1, -0.05) is 6.07 Å². The lowest BCUT2D eigenvalue weighted by molar-refractivity contribution is 0.476. The van der Waals surface area contributed by atoms with E-state index in [4.69, 9.17) is 5.11 Å². The van der Waals surface area contributed by atoms with Crippen molar-refractivity contribution in [3.63, 3.8) is 0 Å². The molecule has 0 spiro atoms. The van der Waals surface area contributed by atoms with E-state index in [0.717, 1.165) is 10.8 Å². The zero-order chi connectivity index (χ0) is 8.55. The maximum Gasteiger partial charge on any atom is 0.124 e. The Hall–Kier alpha value is -1.57.